The SMILES string of the molecule is NCCCCCCNCCN1CCN(CCCCCCN)CC1. The van der Waals surface area contributed by atoms with E-state index in [0.717, 1.165) is 26.2 Å². The zero-order valence-corrected chi connectivity index (χ0v) is 15.3. The van der Waals surface area contributed by atoms with Gasteiger partial charge in [0.2, 0.25) is 0 Å². The van der Waals surface area contributed by atoms with Crippen molar-refractivity contribution in [1.29, 1.82) is 0 Å². The topological polar surface area (TPSA) is 70.5 Å². The molecule has 0 amide bonds. The molecule has 0 aromatic heterocycles. The van der Waals surface area contributed by atoms with Crippen molar-refractivity contribution in [3.8, 4) is 0 Å². The first-order valence-corrected chi connectivity index (χ1v) is 9.92. The number of nitrogens with one attached hydrogen (secondary N) is 1. The summed E-state index contributed by atoms with van der Waals surface area (Å²) in [5.41, 5.74) is 11.0. The molecular weight excluding hydrogens is 286 g/mol. The van der Waals surface area contributed by atoms with Gasteiger partial charge >= 0.3 is 0 Å². The quantitative estimate of drug-likeness (QED) is 0.395. The van der Waals surface area contributed by atoms with Crippen LogP contribution >= 0.6 is 0 Å². The maximum Gasteiger partial charge on any atom is 0.0110 e. The third-order valence-corrected chi connectivity index (χ3v) is 4.81. The summed E-state index contributed by atoms with van der Waals surface area (Å²) in [5.74, 6) is 0. The molecular formula is C18H41N5. The molecule has 0 atom stereocenters. The van der Waals surface area contributed by atoms with E-state index in [2.05, 4.69) is 15.1 Å². The first-order valence-electron chi connectivity index (χ1n) is 9.92. The maximum absolute atomic E-state index is 5.53. The van der Waals surface area contributed by atoms with Gasteiger partial charge in [-0.1, -0.05) is 25.7 Å². The predicted molar refractivity (Wildman–Crippen MR) is 101 cm³/mol. The highest BCUT2D eigenvalue weighted by atomic mass is 15.3. The number of rotatable bonds is 15. The summed E-state index contributed by atoms with van der Waals surface area (Å²) in [6.07, 6.45) is 10.2. The van der Waals surface area contributed by atoms with Crippen LogP contribution < -0.4 is 16.8 Å². The van der Waals surface area contributed by atoms with Gasteiger partial charge in [-0.15, -0.1) is 0 Å². The zero-order chi connectivity index (χ0) is 16.6. The van der Waals surface area contributed by atoms with Crippen molar-refractivity contribution in [3.63, 3.8) is 0 Å². The monoisotopic (exact) mass is 327 g/mol. The molecule has 5 nitrogen and oxygen atoms in total. The highest BCUT2D eigenvalue weighted by Crippen LogP contribution is 2.05. The largest absolute Gasteiger partial charge is 0.330 e. The Morgan fingerprint density at radius 2 is 1.09 bits per heavy atom. The van der Waals surface area contributed by atoms with Crippen LogP contribution in [0.4, 0.5) is 0 Å². The lowest BCUT2D eigenvalue weighted by molar-refractivity contribution is 0.131. The van der Waals surface area contributed by atoms with Crippen LogP contribution in [0.3, 0.4) is 0 Å². The number of hydrogen-bond acceptors (Lipinski definition) is 5. The van der Waals surface area contributed by atoms with Gasteiger partial charge in [0.15, 0.2) is 0 Å². The van der Waals surface area contributed by atoms with Gasteiger partial charge in [0.05, 0.1) is 0 Å². The second-order valence-electron chi connectivity index (χ2n) is 6.84. The van der Waals surface area contributed by atoms with Crippen molar-refractivity contribution in [2.45, 2.75) is 51.4 Å². The first-order chi connectivity index (χ1) is 11.4. The number of nitrogens with two attached hydrogens (primary N) is 2. The highest BCUT2D eigenvalue weighted by molar-refractivity contribution is 4.72. The summed E-state index contributed by atoms with van der Waals surface area (Å²) in [7, 11) is 0. The molecule has 0 spiro atoms. The summed E-state index contributed by atoms with van der Waals surface area (Å²) in [6, 6.07) is 0. The Balaban J connectivity index is 1.86. The summed E-state index contributed by atoms with van der Waals surface area (Å²) in [6.45, 7) is 11.4. The van der Waals surface area contributed by atoms with E-state index in [4.69, 9.17) is 11.5 Å². The molecule has 0 aromatic carbocycles. The normalized spacial score (nSPS) is 17.0. The molecule has 5 heteroatoms. The first kappa shape index (κ1) is 20.8. The van der Waals surface area contributed by atoms with E-state index in [0.29, 0.717) is 0 Å². The van der Waals surface area contributed by atoms with Crippen LogP contribution in [0.15, 0.2) is 0 Å². The average molecular weight is 328 g/mol. The van der Waals surface area contributed by atoms with E-state index in [1.807, 2.05) is 0 Å². The predicted octanol–water partition coefficient (Wildman–Crippen LogP) is 1.23. The molecule has 1 aliphatic rings. The van der Waals surface area contributed by atoms with Crippen molar-refractivity contribution in [1.82, 2.24) is 15.1 Å². The molecule has 138 valence electrons. The Labute approximate surface area is 144 Å². The minimum atomic E-state index is 0.840. The van der Waals surface area contributed by atoms with E-state index in [-0.39, 0.29) is 0 Å². The second-order valence-corrected chi connectivity index (χ2v) is 6.84. The lowest BCUT2D eigenvalue weighted by atomic mass is 10.2. The van der Waals surface area contributed by atoms with Gasteiger partial charge in [0, 0.05) is 39.3 Å². The molecule has 1 heterocycles. The lowest BCUT2D eigenvalue weighted by Gasteiger charge is -2.34. The van der Waals surface area contributed by atoms with Crippen molar-refractivity contribution < 1.29 is 0 Å². The van der Waals surface area contributed by atoms with Gasteiger partial charge in [-0.3, -0.25) is 4.90 Å². The van der Waals surface area contributed by atoms with Crippen LogP contribution in [0.25, 0.3) is 0 Å². The van der Waals surface area contributed by atoms with Gasteiger partial charge < -0.3 is 21.7 Å². The van der Waals surface area contributed by atoms with Crippen LogP contribution in [0.2, 0.25) is 0 Å². The van der Waals surface area contributed by atoms with Gasteiger partial charge in [0.1, 0.15) is 0 Å². The third kappa shape index (κ3) is 11.9. The molecule has 0 saturated carbocycles. The maximum atomic E-state index is 5.53. The van der Waals surface area contributed by atoms with Crippen LogP contribution in [0.5, 0.6) is 0 Å². The molecule has 23 heavy (non-hydrogen) atoms. The van der Waals surface area contributed by atoms with Gasteiger partial charge in [-0.05, 0) is 51.9 Å². The smallest absolute Gasteiger partial charge is 0.0110 e. The zero-order valence-electron chi connectivity index (χ0n) is 15.3. The Morgan fingerprint density at radius 3 is 1.70 bits per heavy atom. The molecule has 0 aliphatic carbocycles. The fraction of sp³-hybridized carbons (Fsp3) is 1.00. The Morgan fingerprint density at radius 1 is 0.565 bits per heavy atom. The van der Waals surface area contributed by atoms with E-state index in [1.54, 1.807) is 0 Å². The summed E-state index contributed by atoms with van der Waals surface area (Å²) >= 11 is 0. The minimum Gasteiger partial charge on any atom is -0.330 e. The molecule has 1 aliphatic heterocycles. The second kappa shape index (κ2) is 15.3. The van der Waals surface area contributed by atoms with Crippen molar-refractivity contribution >= 4 is 0 Å². The van der Waals surface area contributed by atoms with E-state index in [9.17, 15) is 0 Å². The molecule has 5 N–H and O–H groups in total. The molecule has 0 radical (unpaired) electrons. The van der Waals surface area contributed by atoms with E-state index in [1.165, 1.54) is 90.6 Å². The van der Waals surface area contributed by atoms with E-state index >= 15 is 0 Å². The molecule has 0 aromatic rings. The number of unbranched alkanes of at least 4 members (excludes halogenated alkanes) is 6. The average Bonchev–Trinajstić information content (AvgIpc) is 2.58. The van der Waals surface area contributed by atoms with E-state index < -0.39 is 0 Å². The fourth-order valence-corrected chi connectivity index (χ4v) is 3.18. The Bertz CT molecular complexity index is 239. The highest BCUT2D eigenvalue weighted by Gasteiger charge is 2.15. The van der Waals surface area contributed by atoms with Crippen LogP contribution in [0.1, 0.15) is 51.4 Å². The molecule has 1 saturated heterocycles. The number of nitrogens with zero attached hydrogens (tertiary/aromatic N) is 2. The molecule has 0 unspecified atom stereocenters. The Kier molecular flexibility index (Phi) is 13.9. The number of hydrogen-bond donors (Lipinski definition) is 3. The van der Waals surface area contributed by atoms with Crippen molar-refractivity contribution in [2.75, 3.05) is 65.4 Å². The third-order valence-electron chi connectivity index (χ3n) is 4.81. The van der Waals surface area contributed by atoms with Gasteiger partial charge in [-0.2, -0.15) is 0 Å². The minimum absolute atomic E-state index is 0.840. The fourth-order valence-electron chi connectivity index (χ4n) is 3.18. The molecule has 0 bridgehead atoms. The lowest BCUT2D eigenvalue weighted by Crippen LogP contribution is -2.48. The standard InChI is InChI=1S/C18H41N5/c19-9-5-1-3-7-11-21-12-14-23-17-15-22(16-18-23)13-8-4-2-6-10-20/h21H,1-20H2. The van der Waals surface area contributed by atoms with Crippen LogP contribution in [-0.4, -0.2) is 75.2 Å². The van der Waals surface area contributed by atoms with Crippen molar-refractivity contribution in [2.24, 2.45) is 11.5 Å². The summed E-state index contributed by atoms with van der Waals surface area (Å²) in [5, 5.41) is 3.58. The van der Waals surface area contributed by atoms with Gasteiger partial charge in [0.25, 0.3) is 0 Å². The van der Waals surface area contributed by atoms with Crippen LogP contribution in [0, 0.1) is 0 Å². The molecule has 1 fully saturated rings. The number of piperazine rings is 1. The van der Waals surface area contributed by atoms with Gasteiger partial charge in [-0.25, -0.2) is 0 Å². The summed E-state index contributed by atoms with van der Waals surface area (Å²) in [4.78, 5) is 5.23. The Hall–Kier alpha value is -0.200. The van der Waals surface area contributed by atoms with Crippen LogP contribution in [-0.2, 0) is 0 Å². The summed E-state index contributed by atoms with van der Waals surface area (Å²) < 4.78 is 0. The van der Waals surface area contributed by atoms with Crippen molar-refractivity contribution in [3.05, 3.63) is 0 Å². The molecule has 1 rings (SSSR count).